The van der Waals surface area contributed by atoms with Gasteiger partial charge in [-0.25, -0.2) is 9.37 Å². The lowest BCUT2D eigenvalue weighted by Crippen LogP contribution is -2.60. The van der Waals surface area contributed by atoms with Crippen molar-refractivity contribution in [3.05, 3.63) is 52.4 Å². The molecule has 3 amide bonds. The average molecular weight is 568 g/mol. The fourth-order valence-electron chi connectivity index (χ4n) is 5.10. The molecule has 0 spiro atoms. The SMILES string of the molecule is C[C@@H]1CN(C(=O)C(=O)Nc2cnc(N)c(C3CC3)c2)[C@@H](c2ccc(F)c(Cl)c2)CN1C(=O)C1(C(F)(F)F)CC1. The van der Waals surface area contributed by atoms with Crippen LogP contribution in [0.5, 0.6) is 0 Å². The summed E-state index contributed by atoms with van der Waals surface area (Å²) in [6.45, 7) is 0.967. The molecule has 2 heterocycles. The van der Waals surface area contributed by atoms with Crippen LogP contribution in [-0.4, -0.2) is 57.8 Å². The van der Waals surface area contributed by atoms with E-state index in [-0.39, 0.29) is 48.1 Å². The lowest BCUT2D eigenvalue weighted by molar-refractivity contribution is -0.201. The third-order valence-corrected chi connectivity index (χ3v) is 8.00. The van der Waals surface area contributed by atoms with Crippen LogP contribution in [0, 0.1) is 11.2 Å². The second-order valence-electron chi connectivity index (χ2n) is 10.5. The van der Waals surface area contributed by atoms with Crippen LogP contribution in [0.2, 0.25) is 5.02 Å². The Bertz CT molecular complexity index is 1350. The molecule has 8 nitrogen and oxygen atoms in total. The second kappa shape index (κ2) is 9.65. The number of nitrogen functional groups attached to an aromatic ring is 1. The van der Waals surface area contributed by atoms with Crippen LogP contribution < -0.4 is 11.1 Å². The molecule has 1 aromatic heterocycles. The zero-order valence-electron chi connectivity index (χ0n) is 20.9. The van der Waals surface area contributed by atoms with E-state index in [4.69, 9.17) is 17.3 Å². The number of nitrogens with two attached hydrogens (primary N) is 1. The number of hydrogen-bond acceptors (Lipinski definition) is 5. The Labute approximate surface area is 226 Å². The molecule has 3 fully saturated rings. The van der Waals surface area contributed by atoms with E-state index in [2.05, 4.69) is 10.3 Å². The second-order valence-corrected chi connectivity index (χ2v) is 10.9. The summed E-state index contributed by atoms with van der Waals surface area (Å²) in [5.74, 6) is -3.18. The van der Waals surface area contributed by atoms with Crippen LogP contribution >= 0.6 is 11.6 Å². The number of carbonyl (C=O) groups excluding carboxylic acids is 3. The monoisotopic (exact) mass is 567 g/mol. The lowest BCUT2D eigenvalue weighted by atomic mass is 9.96. The Morgan fingerprint density at radius 2 is 1.82 bits per heavy atom. The van der Waals surface area contributed by atoms with Gasteiger partial charge in [-0.1, -0.05) is 17.7 Å². The molecule has 2 atom stereocenters. The molecule has 39 heavy (non-hydrogen) atoms. The molecule has 5 rings (SSSR count). The van der Waals surface area contributed by atoms with Crippen molar-refractivity contribution in [1.29, 1.82) is 0 Å². The molecular weight excluding hydrogens is 542 g/mol. The summed E-state index contributed by atoms with van der Waals surface area (Å²) in [7, 11) is 0. The number of halogens is 5. The van der Waals surface area contributed by atoms with Crippen molar-refractivity contribution in [2.75, 3.05) is 24.1 Å². The molecule has 0 bridgehead atoms. The summed E-state index contributed by atoms with van der Waals surface area (Å²) in [5.41, 5.74) is 4.79. The first kappa shape index (κ1) is 27.2. The van der Waals surface area contributed by atoms with Gasteiger partial charge in [-0.2, -0.15) is 13.2 Å². The first-order chi connectivity index (χ1) is 18.3. The number of nitrogens with zero attached hydrogens (tertiary/aromatic N) is 3. The number of alkyl halides is 3. The Kier molecular flexibility index (Phi) is 6.72. The fourth-order valence-corrected chi connectivity index (χ4v) is 5.29. The van der Waals surface area contributed by atoms with E-state index < -0.39 is 47.2 Å². The van der Waals surface area contributed by atoms with Gasteiger partial charge in [0, 0.05) is 19.1 Å². The summed E-state index contributed by atoms with van der Waals surface area (Å²) in [4.78, 5) is 45.9. The van der Waals surface area contributed by atoms with Crippen LogP contribution in [-0.2, 0) is 14.4 Å². The zero-order valence-corrected chi connectivity index (χ0v) is 21.7. The highest BCUT2D eigenvalue weighted by atomic mass is 35.5. The molecule has 2 aliphatic carbocycles. The minimum atomic E-state index is -4.71. The molecule has 3 aliphatic rings. The number of rotatable bonds is 4. The molecule has 3 N–H and O–H groups in total. The third kappa shape index (κ3) is 5.02. The van der Waals surface area contributed by atoms with Crippen molar-refractivity contribution in [1.82, 2.24) is 14.8 Å². The largest absolute Gasteiger partial charge is 0.403 e. The van der Waals surface area contributed by atoms with E-state index >= 15 is 0 Å². The average Bonchev–Trinajstić information content (AvgIpc) is 3.79. The van der Waals surface area contributed by atoms with Gasteiger partial charge in [0.15, 0.2) is 0 Å². The summed E-state index contributed by atoms with van der Waals surface area (Å²) in [6, 6.07) is 3.42. The standard InChI is InChI=1S/C26H26ClF4N5O3/c1-13-11-36(23(38)22(37)34-16-9-17(14-2-3-14)21(32)33-10-16)20(15-4-5-19(28)18(27)8-15)12-35(13)24(39)25(6-7-25)26(29,30)31/h4-5,8-10,13-14,20H,2-3,6-7,11-12H2,1H3,(H2,32,33)(H,34,37)/t13-,20-/m1/s1. The summed E-state index contributed by atoms with van der Waals surface area (Å²) in [6.07, 6.45) is -2.11. The molecule has 0 unspecified atom stereocenters. The van der Waals surface area contributed by atoms with Crippen molar-refractivity contribution in [2.45, 2.75) is 56.8 Å². The van der Waals surface area contributed by atoms with Crippen LogP contribution in [0.1, 0.15) is 55.7 Å². The number of carbonyl (C=O) groups is 3. The van der Waals surface area contributed by atoms with Crippen molar-refractivity contribution < 1.29 is 31.9 Å². The van der Waals surface area contributed by atoms with Gasteiger partial charge in [-0.3, -0.25) is 14.4 Å². The number of benzene rings is 1. The van der Waals surface area contributed by atoms with E-state index in [1.807, 2.05) is 0 Å². The first-order valence-electron chi connectivity index (χ1n) is 12.5. The fraction of sp³-hybridized carbons (Fsp3) is 0.462. The Hall–Kier alpha value is -3.41. The number of nitrogens with one attached hydrogen (secondary N) is 1. The number of amides is 3. The minimum Gasteiger partial charge on any atom is -0.383 e. The molecular formula is C26H26ClF4N5O3. The van der Waals surface area contributed by atoms with E-state index in [0.29, 0.717) is 5.82 Å². The predicted molar refractivity (Wildman–Crippen MR) is 134 cm³/mol. The smallest absolute Gasteiger partial charge is 0.383 e. The molecule has 2 saturated carbocycles. The molecule has 1 aliphatic heterocycles. The van der Waals surface area contributed by atoms with E-state index in [1.165, 1.54) is 30.2 Å². The molecule has 0 radical (unpaired) electrons. The molecule has 1 saturated heterocycles. The highest BCUT2D eigenvalue weighted by Gasteiger charge is 2.70. The lowest BCUT2D eigenvalue weighted by Gasteiger charge is -2.46. The maximum absolute atomic E-state index is 13.9. The van der Waals surface area contributed by atoms with Gasteiger partial charge in [0.05, 0.1) is 22.9 Å². The first-order valence-corrected chi connectivity index (χ1v) is 12.9. The topological polar surface area (TPSA) is 109 Å². The summed E-state index contributed by atoms with van der Waals surface area (Å²) >= 11 is 5.95. The van der Waals surface area contributed by atoms with Crippen molar-refractivity contribution >= 4 is 40.8 Å². The van der Waals surface area contributed by atoms with Crippen molar-refractivity contribution in [2.24, 2.45) is 5.41 Å². The van der Waals surface area contributed by atoms with Crippen LogP contribution in [0.25, 0.3) is 0 Å². The predicted octanol–water partition coefficient (Wildman–Crippen LogP) is 4.42. The molecule has 1 aromatic carbocycles. The maximum Gasteiger partial charge on any atom is 0.403 e. The van der Waals surface area contributed by atoms with Gasteiger partial charge in [0.2, 0.25) is 5.91 Å². The quantitative estimate of drug-likeness (QED) is 0.420. The number of piperazine rings is 1. The van der Waals surface area contributed by atoms with Crippen LogP contribution in [0.4, 0.5) is 29.1 Å². The number of hydrogen-bond donors (Lipinski definition) is 2. The van der Waals surface area contributed by atoms with Gasteiger partial charge in [0.1, 0.15) is 17.1 Å². The van der Waals surface area contributed by atoms with E-state index in [1.54, 1.807) is 6.07 Å². The number of pyridine rings is 1. The molecule has 2 aromatic rings. The number of aromatic nitrogens is 1. The maximum atomic E-state index is 13.9. The minimum absolute atomic E-state index is 0.223. The van der Waals surface area contributed by atoms with Crippen molar-refractivity contribution in [3.8, 4) is 0 Å². The van der Waals surface area contributed by atoms with Gasteiger partial charge in [-0.05, 0) is 67.9 Å². The third-order valence-electron chi connectivity index (χ3n) is 7.71. The number of anilines is 2. The van der Waals surface area contributed by atoms with Crippen LogP contribution in [0.15, 0.2) is 30.5 Å². The Morgan fingerprint density at radius 3 is 2.41 bits per heavy atom. The van der Waals surface area contributed by atoms with Crippen molar-refractivity contribution in [3.63, 3.8) is 0 Å². The van der Waals surface area contributed by atoms with E-state index in [0.717, 1.165) is 29.4 Å². The molecule has 13 heteroatoms. The molecule has 208 valence electrons. The highest BCUT2D eigenvalue weighted by molar-refractivity contribution is 6.39. The van der Waals surface area contributed by atoms with E-state index in [9.17, 15) is 31.9 Å². The zero-order chi connectivity index (χ0) is 28.3. The van der Waals surface area contributed by atoms with Gasteiger partial charge < -0.3 is 20.9 Å². The van der Waals surface area contributed by atoms with Gasteiger partial charge in [0.25, 0.3) is 0 Å². The Balaban J connectivity index is 1.42. The normalized spacial score (nSPS) is 22.4. The highest BCUT2D eigenvalue weighted by Crippen LogP contribution is 2.59. The van der Waals surface area contributed by atoms with Gasteiger partial charge >= 0.3 is 18.0 Å². The van der Waals surface area contributed by atoms with Crippen LogP contribution in [0.3, 0.4) is 0 Å². The summed E-state index contributed by atoms with van der Waals surface area (Å²) < 4.78 is 55.1. The van der Waals surface area contributed by atoms with Gasteiger partial charge in [-0.15, -0.1) is 0 Å². The summed E-state index contributed by atoms with van der Waals surface area (Å²) in [5, 5.41) is 2.25. The Morgan fingerprint density at radius 1 is 1.13 bits per heavy atom.